The molecule has 2 aromatic rings. The van der Waals surface area contributed by atoms with Gasteiger partial charge in [0.15, 0.2) is 10.8 Å². The van der Waals surface area contributed by atoms with Crippen molar-refractivity contribution in [1.29, 1.82) is 5.26 Å². The second-order valence-electron chi connectivity index (χ2n) is 2.34. The maximum atomic E-state index is 8.57. The van der Waals surface area contributed by atoms with E-state index in [1.54, 1.807) is 6.07 Å². The highest BCUT2D eigenvalue weighted by atomic mass is 35.5. The second kappa shape index (κ2) is 2.96. The Morgan fingerprint density at radius 1 is 1.38 bits per heavy atom. The fourth-order valence-electron chi connectivity index (χ4n) is 0.967. The van der Waals surface area contributed by atoms with E-state index in [1.807, 2.05) is 6.07 Å². The molecular formula is C8H3ClN4. The topological polar surface area (TPSA) is 62.5 Å². The number of halogens is 1. The Labute approximate surface area is 78.8 Å². The van der Waals surface area contributed by atoms with Crippen LogP contribution in [0.5, 0.6) is 0 Å². The zero-order valence-electron chi connectivity index (χ0n) is 6.40. The van der Waals surface area contributed by atoms with Crippen LogP contribution in [-0.2, 0) is 0 Å². The summed E-state index contributed by atoms with van der Waals surface area (Å²) in [4.78, 5) is 11.8. The predicted molar refractivity (Wildman–Crippen MR) is 47.1 cm³/mol. The van der Waals surface area contributed by atoms with Gasteiger partial charge in [0.2, 0.25) is 0 Å². The minimum absolute atomic E-state index is 0.273. The van der Waals surface area contributed by atoms with Gasteiger partial charge in [0.05, 0.1) is 11.7 Å². The lowest BCUT2D eigenvalue weighted by Gasteiger charge is -1.96. The molecule has 0 atom stereocenters. The molecule has 0 saturated heterocycles. The monoisotopic (exact) mass is 190 g/mol. The molecule has 0 aromatic carbocycles. The van der Waals surface area contributed by atoms with Crippen LogP contribution in [0.25, 0.3) is 11.0 Å². The van der Waals surface area contributed by atoms with E-state index >= 15 is 0 Å². The van der Waals surface area contributed by atoms with Crippen LogP contribution < -0.4 is 0 Å². The van der Waals surface area contributed by atoms with Gasteiger partial charge in [-0.05, 0) is 6.07 Å². The molecule has 5 heteroatoms. The molecule has 0 radical (unpaired) electrons. The molecule has 0 bridgehead atoms. The van der Waals surface area contributed by atoms with Gasteiger partial charge >= 0.3 is 0 Å². The minimum atomic E-state index is 0.273. The Bertz CT molecular complexity index is 503. The van der Waals surface area contributed by atoms with Gasteiger partial charge in [-0.3, -0.25) is 0 Å². The van der Waals surface area contributed by atoms with Crippen molar-refractivity contribution in [2.24, 2.45) is 0 Å². The second-order valence-corrected chi connectivity index (χ2v) is 2.69. The maximum Gasteiger partial charge on any atom is 0.159 e. The number of fused-ring (bicyclic) bond motifs is 1. The van der Waals surface area contributed by atoms with E-state index in [2.05, 4.69) is 15.0 Å². The maximum absolute atomic E-state index is 8.57. The number of pyridine rings is 1. The summed E-state index contributed by atoms with van der Waals surface area (Å²) in [7, 11) is 0. The third-order valence-electron chi connectivity index (χ3n) is 1.53. The van der Waals surface area contributed by atoms with Crippen molar-refractivity contribution >= 4 is 22.6 Å². The summed E-state index contributed by atoms with van der Waals surface area (Å²) in [5, 5.41) is 8.87. The molecule has 0 aliphatic heterocycles. The van der Waals surface area contributed by atoms with Gasteiger partial charge in [0.1, 0.15) is 11.6 Å². The van der Waals surface area contributed by atoms with Crippen molar-refractivity contribution in [1.82, 2.24) is 15.0 Å². The van der Waals surface area contributed by atoms with Crippen LogP contribution in [0.3, 0.4) is 0 Å². The van der Waals surface area contributed by atoms with E-state index in [9.17, 15) is 0 Å². The first-order chi connectivity index (χ1) is 6.31. The van der Waals surface area contributed by atoms with Crippen LogP contribution in [-0.4, -0.2) is 15.0 Å². The fraction of sp³-hybridized carbons (Fsp3) is 0. The lowest BCUT2D eigenvalue weighted by Crippen LogP contribution is -1.89. The molecule has 13 heavy (non-hydrogen) atoms. The van der Waals surface area contributed by atoms with Gasteiger partial charge < -0.3 is 0 Å². The van der Waals surface area contributed by atoms with Gasteiger partial charge in [-0.15, -0.1) is 0 Å². The highest BCUT2D eigenvalue weighted by Gasteiger charge is 2.02. The zero-order chi connectivity index (χ0) is 9.26. The zero-order valence-corrected chi connectivity index (χ0v) is 7.15. The summed E-state index contributed by atoms with van der Waals surface area (Å²) in [6.45, 7) is 0. The molecule has 62 valence electrons. The molecule has 0 fully saturated rings. The number of nitrogens with zero attached hydrogens (tertiary/aromatic N) is 4. The fourth-order valence-corrected chi connectivity index (χ4v) is 1.17. The third kappa shape index (κ3) is 1.30. The van der Waals surface area contributed by atoms with Crippen LogP contribution in [0.15, 0.2) is 18.5 Å². The lowest BCUT2D eigenvalue weighted by atomic mass is 10.3. The standard InChI is InChI=1S/C8H3ClN4/c9-8-7-6(1-2-11-8)13-5(3-10)4-12-7/h1-2,4H. The first kappa shape index (κ1) is 7.90. The molecular weight excluding hydrogens is 188 g/mol. The molecule has 4 nitrogen and oxygen atoms in total. The predicted octanol–water partition coefficient (Wildman–Crippen LogP) is 1.55. The minimum Gasteiger partial charge on any atom is -0.248 e. The Morgan fingerprint density at radius 2 is 2.23 bits per heavy atom. The summed E-state index contributed by atoms with van der Waals surface area (Å²) < 4.78 is 0. The third-order valence-corrected chi connectivity index (χ3v) is 1.81. The summed E-state index contributed by atoms with van der Waals surface area (Å²) in [5.41, 5.74) is 1.37. The number of hydrogen-bond acceptors (Lipinski definition) is 4. The normalized spacial score (nSPS) is 9.85. The highest BCUT2D eigenvalue weighted by Crippen LogP contribution is 2.16. The van der Waals surface area contributed by atoms with E-state index in [-0.39, 0.29) is 5.69 Å². The van der Waals surface area contributed by atoms with Gasteiger partial charge in [0, 0.05) is 6.20 Å². The van der Waals surface area contributed by atoms with Crippen LogP contribution in [0.1, 0.15) is 5.69 Å². The molecule has 0 aliphatic rings. The van der Waals surface area contributed by atoms with Crippen molar-refractivity contribution in [3.05, 3.63) is 29.3 Å². The summed E-state index contributed by atoms with van der Waals surface area (Å²) in [6.07, 6.45) is 2.90. The van der Waals surface area contributed by atoms with E-state index in [1.165, 1.54) is 12.4 Å². The molecule has 2 heterocycles. The smallest absolute Gasteiger partial charge is 0.159 e. The average Bonchev–Trinajstić information content (AvgIpc) is 2.18. The first-order valence-electron chi connectivity index (χ1n) is 3.48. The molecule has 0 unspecified atom stereocenters. The van der Waals surface area contributed by atoms with Gasteiger partial charge in [-0.1, -0.05) is 11.6 Å². The van der Waals surface area contributed by atoms with Gasteiger partial charge in [0.25, 0.3) is 0 Å². The van der Waals surface area contributed by atoms with Crippen LogP contribution in [0.2, 0.25) is 5.15 Å². The molecule has 0 saturated carbocycles. The van der Waals surface area contributed by atoms with Crippen molar-refractivity contribution in [2.45, 2.75) is 0 Å². The van der Waals surface area contributed by atoms with E-state index < -0.39 is 0 Å². The summed E-state index contributed by atoms with van der Waals surface area (Å²) in [6, 6.07) is 3.56. The summed E-state index contributed by atoms with van der Waals surface area (Å²) >= 11 is 5.76. The molecule has 0 N–H and O–H groups in total. The van der Waals surface area contributed by atoms with Crippen molar-refractivity contribution < 1.29 is 0 Å². The van der Waals surface area contributed by atoms with E-state index in [0.717, 1.165) is 0 Å². The molecule has 0 aliphatic carbocycles. The van der Waals surface area contributed by atoms with Crippen molar-refractivity contribution in [3.8, 4) is 6.07 Å². The Kier molecular flexibility index (Phi) is 1.80. The Morgan fingerprint density at radius 3 is 3.00 bits per heavy atom. The quantitative estimate of drug-likeness (QED) is 0.592. The van der Waals surface area contributed by atoms with E-state index in [4.69, 9.17) is 16.9 Å². The molecule has 0 spiro atoms. The number of rotatable bonds is 0. The first-order valence-corrected chi connectivity index (χ1v) is 3.86. The Hall–Kier alpha value is -1.73. The van der Waals surface area contributed by atoms with Crippen LogP contribution in [0, 0.1) is 11.3 Å². The highest BCUT2D eigenvalue weighted by molar-refractivity contribution is 6.33. The van der Waals surface area contributed by atoms with Gasteiger partial charge in [-0.25, -0.2) is 15.0 Å². The number of hydrogen-bond donors (Lipinski definition) is 0. The lowest BCUT2D eigenvalue weighted by molar-refractivity contribution is 1.21. The van der Waals surface area contributed by atoms with Crippen molar-refractivity contribution in [3.63, 3.8) is 0 Å². The van der Waals surface area contributed by atoms with Crippen LogP contribution >= 0.6 is 11.6 Å². The molecule has 2 aromatic heterocycles. The van der Waals surface area contributed by atoms with Crippen molar-refractivity contribution in [2.75, 3.05) is 0 Å². The SMILES string of the molecule is N#Cc1cnc2c(Cl)nccc2n1. The number of nitriles is 1. The molecule has 2 rings (SSSR count). The van der Waals surface area contributed by atoms with E-state index in [0.29, 0.717) is 16.2 Å². The average molecular weight is 191 g/mol. The van der Waals surface area contributed by atoms with Crippen LogP contribution in [0.4, 0.5) is 0 Å². The van der Waals surface area contributed by atoms with Gasteiger partial charge in [-0.2, -0.15) is 5.26 Å². The number of aromatic nitrogens is 3. The Balaban J connectivity index is 2.82. The summed E-state index contributed by atoms with van der Waals surface area (Å²) in [5.74, 6) is 0. The molecule has 0 amide bonds. The largest absolute Gasteiger partial charge is 0.248 e.